The van der Waals surface area contributed by atoms with Crippen LogP contribution in [0.4, 0.5) is 4.39 Å². The number of hydrazine groups is 1. The molecule has 1 aromatic carbocycles. The number of nitrogens with one attached hydrogen (secondary N) is 1. The number of ether oxygens (including phenoxy) is 1. The van der Waals surface area contributed by atoms with Crippen molar-refractivity contribution in [2.45, 2.75) is 6.61 Å². The molecule has 1 amide bonds. The van der Waals surface area contributed by atoms with Crippen LogP contribution in [0.3, 0.4) is 0 Å². The topological polar surface area (TPSA) is 94.6 Å². The molecule has 20 heavy (non-hydrogen) atoms. The first-order valence-electron chi connectivity index (χ1n) is 5.60. The molecule has 2 rings (SSSR count). The summed E-state index contributed by atoms with van der Waals surface area (Å²) in [5.74, 6) is 4.41. The Labute approximate surface area is 113 Å². The minimum absolute atomic E-state index is 0.0143. The number of hydrogen-bond donors (Lipinski definition) is 2. The molecular formula is C13H11FN2O4. The van der Waals surface area contributed by atoms with E-state index in [1.807, 2.05) is 5.43 Å². The quantitative estimate of drug-likeness (QED) is 0.373. The van der Waals surface area contributed by atoms with Gasteiger partial charge in [-0.25, -0.2) is 10.2 Å². The fourth-order valence-electron chi connectivity index (χ4n) is 1.54. The average molecular weight is 278 g/mol. The Bertz CT molecular complexity index is 639. The standard InChI is InChI=1S/C13H11FN2O4/c14-9-3-8(6-17)4-11(5-9)19-7-10-1-2-12(20-10)13(18)16-15/h1-6H,7,15H2,(H,16,18). The van der Waals surface area contributed by atoms with E-state index in [1.54, 1.807) is 0 Å². The second-order valence-electron chi connectivity index (χ2n) is 3.87. The number of nitrogens with two attached hydrogens (primary N) is 1. The molecule has 0 unspecified atom stereocenters. The number of hydrogen-bond acceptors (Lipinski definition) is 5. The Kier molecular flexibility index (Phi) is 4.11. The molecule has 2 aromatic rings. The molecule has 1 aromatic heterocycles. The van der Waals surface area contributed by atoms with Crippen LogP contribution in [0, 0.1) is 5.82 Å². The second-order valence-corrected chi connectivity index (χ2v) is 3.87. The SMILES string of the molecule is NNC(=O)c1ccc(COc2cc(F)cc(C=O)c2)o1. The zero-order valence-corrected chi connectivity index (χ0v) is 10.3. The number of carbonyl (C=O) groups is 2. The highest BCUT2D eigenvalue weighted by Crippen LogP contribution is 2.17. The lowest BCUT2D eigenvalue weighted by Gasteiger charge is -2.05. The van der Waals surface area contributed by atoms with E-state index in [0.29, 0.717) is 12.0 Å². The van der Waals surface area contributed by atoms with Gasteiger partial charge in [-0.05, 0) is 24.3 Å². The van der Waals surface area contributed by atoms with E-state index in [4.69, 9.17) is 15.0 Å². The normalized spacial score (nSPS) is 10.1. The first-order chi connectivity index (χ1) is 9.62. The van der Waals surface area contributed by atoms with Crippen LogP contribution < -0.4 is 16.0 Å². The van der Waals surface area contributed by atoms with Gasteiger partial charge in [0.25, 0.3) is 0 Å². The first kappa shape index (κ1) is 13.8. The van der Waals surface area contributed by atoms with Crippen molar-refractivity contribution in [3.63, 3.8) is 0 Å². The Morgan fingerprint density at radius 2 is 2.20 bits per heavy atom. The summed E-state index contributed by atoms with van der Waals surface area (Å²) in [6.07, 6.45) is 0.520. The number of nitrogen functional groups attached to an aromatic ring is 1. The Morgan fingerprint density at radius 3 is 2.90 bits per heavy atom. The summed E-state index contributed by atoms with van der Waals surface area (Å²) in [6, 6.07) is 6.60. The molecular weight excluding hydrogens is 267 g/mol. The molecule has 0 fully saturated rings. The van der Waals surface area contributed by atoms with Crippen molar-refractivity contribution in [2.24, 2.45) is 5.84 Å². The third-order valence-electron chi connectivity index (χ3n) is 2.43. The predicted molar refractivity (Wildman–Crippen MR) is 66.5 cm³/mol. The molecule has 3 N–H and O–H groups in total. The van der Waals surface area contributed by atoms with Crippen LogP contribution in [0.5, 0.6) is 5.75 Å². The highest BCUT2D eigenvalue weighted by atomic mass is 19.1. The number of furan rings is 1. The summed E-state index contributed by atoms with van der Waals surface area (Å²) in [4.78, 5) is 21.8. The Hall–Kier alpha value is -2.67. The molecule has 0 saturated carbocycles. The van der Waals surface area contributed by atoms with Gasteiger partial charge in [-0.15, -0.1) is 0 Å². The summed E-state index contributed by atoms with van der Waals surface area (Å²) in [5.41, 5.74) is 2.10. The lowest BCUT2D eigenvalue weighted by Crippen LogP contribution is -2.29. The van der Waals surface area contributed by atoms with Gasteiger partial charge < -0.3 is 9.15 Å². The number of benzene rings is 1. The molecule has 0 aliphatic rings. The summed E-state index contributed by atoms with van der Waals surface area (Å²) in [6.45, 7) is -0.0143. The van der Waals surface area contributed by atoms with Gasteiger partial charge in [-0.3, -0.25) is 15.0 Å². The molecule has 0 aliphatic heterocycles. The van der Waals surface area contributed by atoms with E-state index >= 15 is 0 Å². The zero-order chi connectivity index (χ0) is 14.5. The number of carbonyl (C=O) groups excluding carboxylic acids is 2. The van der Waals surface area contributed by atoms with Crippen LogP contribution in [0.2, 0.25) is 0 Å². The smallest absolute Gasteiger partial charge is 0.300 e. The fourth-order valence-corrected chi connectivity index (χ4v) is 1.54. The van der Waals surface area contributed by atoms with Gasteiger partial charge in [0.15, 0.2) is 5.76 Å². The third kappa shape index (κ3) is 3.21. The lowest BCUT2D eigenvalue weighted by atomic mass is 10.2. The molecule has 0 bridgehead atoms. The van der Waals surface area contributed by atoms with Crippen molar-refractivity contribution in [3.8, 4) is 5.75 Å². The zero-order valence-electron chi connectivity index (χ0n) is 10.3. The van der Waals surface area contributed by atoms with Crippen LogP contribution in [-0.2, 0) is 6.61 Å². The highest BCUT2D eigenvalue weighted by Gasteiger charge is 2.10. The first-order valence-corrected chi connectivity index (χ1v) is 5.60. The van der Waals surface area contributed by atoms with Crippen molar-refractivity contribution in [2.75, 3.05) is 0 Å². The van der Waals surface area contributed by atoms with Crippen molar-refractivity contribution < 1.29 is 23.1 Å². The molecule has 0 radical (unpaired) electrons. The average Bonchev–Trinajstić information content (AvgIpc) is 2.92. The lowest BCUT2D eigenvalue weighted by molar-refractivity contribution is 0.0921. The number of halogens is 1. The maximum absolute atomic E-state index is 13.2. The van der Waals surface area contributed by atoms with E-state index in [1.165, 1.54) is 18.2 Å². The predicted octanol–water partition coefficient (Wildman–Crippen LogP) is 1.41. The number of aldehydes is 1. The van der Waals surface area contributed by atoms with Gasteiger partial charge >= 0.3 is 5.91 Å². The van der Waals surface area contributed by atoms with Crippen LogP contribution in [0.1, 0.15) is 26.7 Å². The van der Waals surface area contributed by atoms with Crippen LogP contribution in [0.15, 0.2) is 34.7 Å². The molecule has 1 heterocycles. The van der Waals surface area contributed by atoms with Crippen molar-refractivity contribution in [3.05, 3.63) is 53.2 Å². The maximum atomic E-state index is 13.2. The molecule has 0 spiro atoms. The highest BCUT2D eigenvalue weighted by molar-refractivity contribution is 5.90. The second kappa shape index (κ2) is 5.98. The summed E-state index contributed by atoms with van der Waals surface area (Å²) >= 11 is 0. The van der Waals surface area contributed by atoms with E-state index in [2.05, 4.69) is 0 Å². The minimum Gasteiger partial charge on any atom is -0.486 e. The summed E-state index contributed by atoms with van der Waals surface area (Å²) < 4.78 is 23.6. The van der Waals surface area contributed by atoms with Gasteiger partial charge in [-0.2, -0.15) is 0 Å². The summed E-state index contributed by atoms with van der Waals surface area (Å²) in [5, 5.41) is 0. The van der Waals surface area contributed by atoms with E-state index in [0.717, 1.165) is 12.1 Å². The van der Waals surface area contributed by atoms with E-state index in [-0.39, 0.29) is 23.7 Å². The maximum Gasteiger partial charge on any atom is 0.300 e. The van der Waals surface area contributed by atoms with Gasteiger partial charge in [0.1, 0.15) is 30.2 Å². The molecule has 6 nitrogen and oxygen atoms in total. The van der Waals surface area contributed by atoms with E-state index in [9.17, 15) is 14.0 Å². The molecule has 0 atom stereocenters. The van der Waals surface area contributed by atoms with Crippen LogP contribution >= 0.6 is 0 Å². The third-order valence-corrected chi connectivity index (χ3v) is 2.43. The minimum atomic E-state index is -0.577. The van der Waals surface area contributed by atoms with Gasteiger partial charge in [0.05, 0.1) is 0 Å². The molecule has 7 heteroatoms. The van der Waals surface area contributed by atoms with Gasteiger partial charge in [0.2, 0.25) is 0 Å². The Balaban J connectivity index is 2.05. The van der Waals surface area contributed by atoms with Gasteiger partial charge in [0, 0.05) is 11.6 Å². The fraction of sp³-hybridized carbons (Fsp3) is 0.0769. The molecule has 104 valence electrons. The number of rotatable bonds is 5. The van der Waals surface area contributed by atoms with Crippen molar-refractivity contribution >= 4 is 12.2 Å². The monoisotopic (exact) mass is 278 g/mol. The molecule has 0 saturated heterocycles. The molecule has 0 aliphatic carbocycles. The van der Waals surface area contributed by atoms with Crippen LogP contribution in [-0.4, -0.2) is 12.2 Å². The number of amides is 1. The Morgan fingerprint density at radius 1 is 1.40 bits per heavy atom. The summed E-state index contributed by atoms with van der Waals surface area (Å²) in [7, 11) is 0. The van der Waals surface area contributed by atoms with Crippen molar-refractivity contribution in [1.82, 2.24) is 5.43 Å². The largest absolute Gasteiger partial charge is 0.486 e. The van der Waals surface area contributed by atoms with Crippen LogP contribution in [0.25, 0.3) is 0 Å². The van der Waals surface area contributed by atoms with E-state index < -0.39 is 11.7 Å². The van der Waals surface area contributed by atoms with Gasteiger partial charge in [-0.1, -0.05) is 0 Å². The van der Waals surface area contributed by atoms with Crippen molar-refractivity contribution in [1.29, 1.82) is 0 Å².